The van der Waals surface area contributed by atoms with Gasteiger partial charge < -0.3 is 15.0 Å². The number of nitrogens with one attached hydrogen (secondary N) is 1. The van der Waals surface area contributed by atoms with Crippen LogP contribution in [0, 0.1) is 0 Å². The average Bonchev–Trinajstić information content (AvgIpc) is 2.79. The molecular formula is C25H24N2O3. The number of para-hydroxylation sites is 1. The van der Waals surface area contributed by atoms with E-state index in [1.807, 2.05) is 61.5 Å². The molecule has 0 saturated carbocycles. The zero-order chi connectivity index (χ0) is 21.3. The lowest BCUT2D eigenvalue weighted by Gasteiger charge is -2.21. The van der Waals surface area contributed by atoms with Crippen molar-refractivity contribution in [3.05, 3.63) is 96.1 Å². The van der Waals surface area contributed by atoms with Gasteiger partial charge in [0.2, 0.25) is 5.91 Å². The first-order valence-electron chi connectivity index (χ1n) is 9.71. The maximum atomic E-state index is 12.8. The monoisotopic (exact) mass is 400 g/mol. The van der Waals surface area contributed by atoms with E-state index in [0.717, 1.165) is 17.0 Å². The van der Waals surface area contributed by atoms with Crippen LogP contribution in [0.3, 0.4) is 0 Å². The number of ether oxygens (including phenoxy) is 1. The highest BCUT2D eigenvalue weighted by molar-refractivity contribution is 6.07. The molecule has 1 N–H and O–H groups in total. The number of anilines is 2. The summed E-state index contributed by atoms with van der Waals surface area (Å²) in [6.45, 7) is 2.51. The van der Waals surface area contributed by atoms with Gasteiger partial charge >= 0.3 is 0 Å². The molecule has 2 amide bonds. The van der Waals surface area contributed by atoms with Gasteiger partial charge in [-0.15, -0.1) is 0 Å². The quantitative estimate of drug-likeness (QED) is 0.567. The number of hydrogen-bond donors (Lipinski definition) is 1. The predicted molar refractivity (Wildman–Crippen MR) is 121 cm³/mol. The Morgan fingerprint density at radius 1 is 0.933 bits per heavy atom. The van der Waals surface area contributed by atoms with E-state index in [-0.39, 0.29) is 11.8 Å². The van der Waals surface area contributed by atoms with Gasteiger partial charge in [-0.1, -0.05) is 30.3 Å². The first-order valence-corrected chi connectivity index (χ1v) is 9.71. The van der Waals surface area contributed by atoms with Crippen molar-refractivity contribution in [1.29, 1.82) is 0 Å². The lowest BCUT2D eigenvalue weighted by molar-refractivity contribution is -0.111. The molecule has 0 spiro atoms. The van der Waals surface area contributed by atoms with Crippen LogP contribution in [0.4, 0.5) is 11.4 Å². The van der Waals surface area contributed by atoms with Gasteiger partial charge in [-0.2, -0.15) is 0 Å². The number of rotatable bonds is 7. The van der Waals surface area contributed by atoms with Gasteiger partial charge in [0.05, 0.1) is 7.11 Å². The van der Waals surface area contributed by atoms with E-state index in [2.05, 4.69) is 5.32 Å². The molecule has 0 aliphatic rings. The van der Waals surface area contributed by atoms with E-state index in [4.69, 9.17) is 4.74 Å². The lowest BCUT2D eigenvalue weighted by atomic mass is 10.1. The number of amides is 2. The van der Waals surface area contributed by atoms with Gasteiger partial charge in [-0.05, 0) is 67.1 Å². The summed E-state index contributed by atoms with van der Waals surface area (Å²) in [6, 6.07) is 23.9. The van der Waals surface area contributed by atoms with Crippen LogP contribution >= 0.6 is 0 Å². The molecule has 3 aromatic carbocycles. The molecule has 0 atom stereocenters. The minimum atomic E-state index is -0.246. The first kappa shape index (κ1) is 20.9. The molecule has 0 aromatic heterocycles. The fraction of sp³-hybridized carbons (Fsp3) is 0.120. The fourth-order valence-corrected chi connectivity index (χ4v) is 2.97. The predicted octanol–water partition coefficient (Wildman–Crippen LogP) is 5.01. The molecule has 5 nitrogen and oxygen atoms in total. The summed E-state index contributed by atoms with van der Waals surface area (Å²) < 4.78 is 5.12. The van der Waals surface area contributed by atoms with Gasteiger partial charge in [-0.25, -0.2) is 0 Å². The Hall–Kier alpha value is -3.86. The summed E-state index contributed by atoms with van der Waals surface area (Å²) in [5.74, 6) is 0.436. The maximum Gasteiger partial charge on any atom is 0.258 e. The molecule has 0 aliphatic carbocycles. The third kappa shape index (κ3) is 5.35. The van der Waals surface area contributed by atoms with Crippen molar-refractivity contribution in [3.63, 3.8) is 0 Å². The molecule has 0 bridgehead atoms. The number of benzene rings is 3. The molecule has 0 radical (unpaired) electrons. The molecular weight excluding hydrogens is 376 g/mol. The summed E-state index contributed by atoms with van der Waals surface area (Å²) in [5.41, 5.74) is 2.93. The smallest absolute Gasteiger partial charge is 0.258 e. The van der Waals surface area contributed by atoms with Crippen molar-refractivity contribution in [3.8, 4) is 5.75 Å². The van der Waals surface area contributed by atoms with Gasteiger partial charge in [-0.3, -0.25) is 9.59 Å². The lowest BCUT2D eigenvalue weighted by Crippen LogP contribution is -2.30. The van der Waals surface area contributed by atoms with Gasteiger partial charge in [0.25, 0.3) is 5.91 Å². The average molecular weight is 400 g/mol. The van der Waals surface area contributed by atoms with Crippen LogP contribution in [-0.4, -0.2) is 25.5 Å². The van der Waals surface area contributed by atoms with Crippen LogP contribution in [0.25, 0.3) is 6.08 Å². The fourth-order valence-electron chi connectivity index (χ4n) is 2.97. The van der Waals surface area contributed by atoms with E-state index < -0.39 is 0 Å². The van der Waals surface area contributed by atoms with E-state index in [0.29, 0.717) is 17.8 Å². The van der Waals surface area contributed by atoms with Crippen molar-refractivity contribution in [2.45, 2.75) is 6.92 Å². The molecule has 0 heterocycles. The van der Waals surface area contributed by atoms with Crippen LogP contribution in [0.5, 0.6) is 5.75 Å². The second-order valence-electron chi connectivity index (χ2n) is 6.56. The molecule has 0 unspecified atom stereocenters. The highest BCUT2D eigenvalue weighted by Gasteiger charge is 2.15. The van der Waals surface area contributed by atoms with Crippen molar-refractivity contribution < 1.29 is 14.3 Å². The van der Waals surface area contributed by atoms with Crippen LogP contribution in [0.15, 0.2) is 84.9 Å². The summed E-state index contributed by atoms with van der Waals surface area (Å²) in [5, 5.41) is 2.80. The maximum absolute atomic E-state index is 12.8. The minimum Gasteiger partial charge on any atom is -0.497 e. The van der Waals surface area contributed by atoms with E-state index in [1.54, 1.807) is 42.4 Å². The zero-order valence-corrected chi connectivity index (χ0v) is 17.0. The minimum absolute atomic E-state index is 0.0824. The Labute approximate surface area is 176 Å². The number of hydrogen-bond acceptors (Lipinski definition) is 3. The molecule has 30 heavy (non-hydrogen) atoms. The number of carbonyl (C=O) groups is 2. The molecule has 3 rings (SSSR count). The topological polar surface area (TPSA) is 58.6 Å². The molecule has 0 fully saturated rings. The Kier molecular flexibility index (Phi) is 7.00. The standard InChI is InChI=1S/C25H24N2O3/c1-3-27(22-7-5-4-6-8-22)25(29)20-12-14-21(15-13-20)26-24(28)18-11-19-9-16-23(30-2)17-10-19/h4-18H,3H2,1-2H3,(H,26,28)/b18-11+. The van der Waals surface area contributed by atoms with Crippen LogP contribution in [0.2, 0.25) is 0 Å². The van der Waals surface area contributed by atoms with Crippen LogP contribution in [0.1, 0.15) is 22.8 Å². The highest BCUT2D eigenvalue weighted by Crippen LogP contribution is 2.18. The van der Waals surface area contributed by atoms with E-state index in [1.165, 1.54) is 6.08 Å². The van der Waals surface area contributed by atoms with Crippen molar-refractivity contribution >= 4 is 29.3 Å². The zero-order valence-electron chi connectivity index (χ0n) is 17.0. The molecule has 5 heteroatoms. The Balaban J connectivity index is 1.62. The third-order valence-corrected chi connectivity index (χ3v) is 4.57. The van der Waals surface area contributed by atoms with Gasteiger partial charge in [0, 0.05) is 29.6 Å². The second kappa shape index (κ2) is 10.1. The number of methoxy groups -OCH3 is 1. The Morgan fingerprint density at radius 2 is 1.60 bits per heavy atom. The molecule has 3 aromatic rings. The summed E-state index contributed by atoms with van der Waals surface area (Å²) >= 11 is 0. The second-order valence-corrected chi connectivity index (χ2v) is 6.56. The largest absolute Gasteiger partial charge is 0.497 e. The van der Waals surface area contributed by atoms with Crippen molar-refractivity contribution in [1.82, 2.24) is 0 Å². The summed E-state index contributed by atoms with van der Waals surface area (Å²) in [7, 11) is 1.61. The molecule has 152 valence electrons. The summed E-state index contributed by atoms with van der Waals surface area (Å²) in [6.07, 6.45) is 3.20. The Morgan fingerprint density at radius 3 is 2.20 bits per heavy atom. The van der Waals surface area contributed by atoms with Crippen molar-refractivity contribution in [2.75, 3.05) is 23.9 Å². The molecule has 0 saturated heterocycles. The third-order valence-electron chi connectivity index (χ3n) is 4.57. The van der Waals surface area contributed by atoms with Crippen LogP contribution in [-0.2, 0) is 4.79 Å². The number of carbonyl (C=O) groups excluding carboxylic acids is 2. The number of nitrogens with zero attached hydrogens (tertiary/aromatic N) is 1. The van der Waals surface area contributed by atoms with Crippen LogP contribution < -0.4 is 15.0 Å². The highest BCUT2D eigenvalue weighted by atomic mass is 16.5. The van der Waals surface area contributed by atoms with Crippen molar-refractivity contribution in [2.24, 2.45) is 0 Å². The summed E-state index contributed by atoms with van der Waals surface area (Å²) in [4.78, 5) is 26.7. The van der Waals surface area contributed by atoms with Gasteiger partial charge in [0.15, 0.2) is 0 Å². The van der Waals surface area contributed by atoms with E-state index >= 15 is 0 Å². The van der Waals surface area contributed by atoms with Gasteiger partial charge in [0.1, 0.15) is 5.75 Å². The molecule has 0 aliphatic heterocycles. The SMILES string of the molecule is CCN(C(=O)c1ccc(NC(=O)/C=C/c2ccc(OC)cc2)cc1)c1ccccc1. The normalized spacial score (nSPS) is 10.6. The Bertz CT molecular complexity index is 1010. The first-order chi connectivity index (χ1) is 14.6. The van der Waals surface area contributed by atoms with E-state index in [9.17, 15) is 9.59 Å².